The van der Waals surface area contributed by atoms with Gasteiger partial charge in [-0.1, -0.05) is 24.3 Å². The maximum absolute atomic E-state index is 11.6. The van der Waals surface area contributed by atoms with E-state index in [-0.39, 0.29) is 11.6 Å². The van der Waals surface area contributed by atoms with Crippen LogP contribution in [0, 0.1) is 0 Å². The topological polar surface area (TPSA) is 83.2 Å². The average Bonchev–Trinajstić information content (AvgIpc) is 2.86. The van der Waals surface area contributed by atoms with Crippen molar-refractivity contribution in [2.45, 2.75) is 19.1 Å². The van der Waals surface area contributed by atoms with Crippen molar-refractivity contribution in [2.24, 2.45) is 0 Å². The van der Waals surface area contributed by atoms with Gasteiger partial charge in [-0.3, -0.25) is 9.11 Å². The Kier molecular flexibility index (Phi) is 6.24. The van der Waals surface area contributed by atoms with Crippen molar-refractivity contribution >= 4 is 10.8 Å². The Bertz CT molecular complexity index is 753. The lowest BCUT2D eigenvalue weighted by Gasteiger charge is -2.26. The molecule has 2 aromatic rings. The summed E-state index contributed by atoms with van der Waals surface area (Å²) in [6, 6.07) is 12.2. The highest BCUT2D eigenvalue weighted by Crippen LogP contribution is 2.33. The fraction of sp³-hybridized carbons (Fsp3) is 0.421. The Labute approximate surface area is 155 Å². The highest BCUT2D eigenvalue weighted by molar-refractivity contribution is 7.85. The first-order valence-corrected chi connectivity index (χ1v) is 10.2. The van der Waals surface area contributed by atoms with Gasteiger partial charge in [0.2, 0.25) is 0 Å². The molecule has 140 valence electrons. The van der Waals surface area contributed by atoms with Crippen LogP contribution in [0.4, 0.5) is 0 Å². The van der Waals surface area contributed by atoms with E-state index in [0.29, 0.717) is 18.2 Å². The minimum absolute atomic E-state index is 0. The van der Waals surface area contributed by atoms with Crippen molar-refractivity contribution in [3.05, 3.63) is 53.7 Å². The van der Waals surface area contributed by atoms with Crippen LogP contribution in [0.5, 0.6) is 11.6 Å². The van der Waals surface area contributed by atoms with E-state index in [1.807, 2.05) is 12.1 Å². The maximum Gasteiger partial charge on any atom is 0.257 e. The fourth-order valence-corrected chi connectivity index (χ4v) is 4.34. The molecule has 1 aromatic heterocycles. The Morgan fingerprint density at radius 1 is 1.15 bits per heavy atom. The Morgan fingerprint density at radius 3 is 2.85 bits per heavy atom. The summed E-state index contributed by atoms with van der Waals surface area (Å²) in [6.07, 6.45) is 2.60. The molecular formula is C19H24N2O4S. The van der Waals surface area contributed by atoms with Crippen molar-refractivity contribution < 1.29 is 19.2 Å². The summed E-state index contributed by atoms with van der Waals surface area (Å²) in [6.45, 7) is 3.34. The van der Waals surface area contributed by atoms with E-state index >= 15 is 0 Å². The van der Waals surface area contributed by atoms with Crippen molar-refractivity contribution in [1.82, 2.24) is 9.88 Å². The van der Waals surface area contributed by atoms with Crippen LogP contribution >= 0.6 is 0 Å². The predicted octanol–water partition coefficient (Wildman–Crippen LogP) is 1.72. The molecule has 2 aliphatic rings. The molecule has 2 N–H and O–H groups in total. The number of benzene rings is 1. The van der Waals surface area contributed by atoms with Gasteiger partial charge in [0, 0.05) is 41.6 Å². The molecule has 0 spiro atoms. The van der Waals surface area contributed by atoms with Crippen LogP contribution in [0.15, 0.2) is 42.6 Å². The summed E-state index contributed by atoms with van der Waals surface area (Å²) in [5.74, 6) is 2.89. The van der Waals surface area contributed by atoms with Gasteiger partial charge in [0.1, 0.15) is 6.61 Å². The summed E-state index contributed by atoms with van der Waals surface area (Å²) >= 11 is 0. The van der Waals surface area contributed by atoms with Gasteiger partial charge in [-0.25, -0.2) is 4.98 Å². The number of rotatable bonds is 3. The second-order valence-corrected chi connectivity index (χ2v) is 8.14. The van der Waals surface area contributed by atoms with Gasteiger partial charge in [0.15, 0.2) is 11.9 Å². The van der Waals surface area contributed by atoms with Gasteiger partial charge < -0.3 is 14.9 Å². The first-order chi connectivity index (χ1) is 12.3. The summed E-state index contributed by atoms with van der Waals surface area (Å²) in [4.78, 5) is 6.62. The molecule has 2 aliphatic heterocycles. The molecule has 0 saturated carbocycles. The second kappa shape index (κ2) is 8.62. The normalized spacial score (nSPS) is 22.9. The number of hydrogen-bond donors (Lipinski definition) is 0. The van der Waals surface area contributed by atoms with Gasteiger partial charge in [-0.2, -0.15) is 0 Å². The van der Waals surface area contributed by atoms with Crippen molar-refractivity contribution in [2.75, 3.05) is 31.2 Å². The SMILES string of the molecule is O.O=S1CCCN(Cc2ccc([C@H]3COc4cccnc4O3)cc2)CC1. The summed E-state index contributed by atoms with van der Waals surface area (Å²) in [7, 11) is -0.639. The molecule has 3 heterocycles. The first kappa shape index (κ1) is 18.8. The predicted molar refractivity (Wildman–Crippen MR) is 101 cm³/mol. The molecule has 6 nitrogen and oxygen atoms in total. The van der Waals surface area contributed by atoms with E-state index in [4.69, 9.17) is 9.47 Å². The lowest BCUT2D eigenvalue weighted by molar-refractivity contribution is 0.0851. The zero-order valence-electron chi connectivity index (χ0n) is 14.6. The largest absolute Gasteiger partial charge is 0.484 e. The molecule has 1 unspecified atom stereocenters. The van der Waals surface area contributed by atoms with Crippen LogP contribution in [0.1, 0.15) is 23.7 Å². The number of nitrogens with zero attached hydrogens (tertiary/aromatic N) is 2. The van der Waals surface area contributed by atoms with Gasteiger partial charge in [0.25, 0.3) is 5.88 Å². The van der Waals surface area contributed by atoms with E-state index in [1.54, 1.807) is 6.20 Å². The second-order valence-electron chi connectivity index (χ2n) is 6.44. The number of aromatic nitrogens is 1. The zero-order valence-corrected chi connectivity index (χ0v) is 15.4. The molecule has 26 heavy (non-hydrogen) atoms. The standard InChI is InChI=1S/C19H22N2O3S.H2O/c22-25-11-2-9-21(10-12-25)13-15-4-6-16(7-5-15)18-14-23-17-3-1-8-20-19(17)24-18;/h1,3-8,18H,2,9-14H2;1H2/t18-,25?;/m1./s1. The smallest absolute Gasteiger partial charge is 0.257 e. The molecule has 1 saturated heterocycles. The van der Waals surface area contributed by atoms with Crippen LogP contribution in [-0.2, 0) is 17.3 Å². The molecule has 0 bridgehead atoms. The van der Waals surface area contributed by atoms with Crippen molar-refractivity contribution in [3.63, 3.8) is 0 Å². The van der Waals surface area contributed by atoms with E-state index in [0.717, 1.165) is 43.1 Å². The van der Waals surface area contributed by atoms with Crippen LogP contribution in [-0.4, -0.2) is 50.8 Å². The van der Waals surface area contributed by atoms with E-state index in [1.165, 1.54) is 5.56 Å². The highest BCUT2D eigenvalue weighted by atomic mass is 32.2. The van der Waals surface area contributed by atoms with Gasteiger partial charge in [-0.15, -0.1) is 0 Å². The number of hydrogen-bond acceptors (Lipinski definition) is 5. The van der Waals surface area contributed by atoms with E-state index in [2.05, 4.69) is 34.1 Å². The minimum atomic E-state index is -0.639. The van der Waals surface area contributed by atoms with Crippen LogP contribution in [0.25, 0.3) is 0 Å². The molecule has 0 amide bonds. The Balaban J connectivity index is 0.00000196. The molecule has 1 fully saturated rings. The van der Waals surface area contributed by atoms with Gasteiger partial charge in [-0.05, 0) is 36.2 Å². The molecule has 2 atom stereocenters. The lowest BCUT2D eigenvalue weighted by Crippen LogP contribution is -2.26. The summed E-state index contributed by atoms with van der Waals surface area (Å²) < 4.78 is 23.3. The maximum atomic E-state index is 11.6. The van der Waals surface area contributed by atoms with Crippen molar-refractivity contribution in [3.8, 4) is 11.6 Å². The third kappa shape index (κ3) is 4.41. The van der Waals surface area contributed by atoms with Gasteiger partial charge >= 0.3 is 0 Å². The number of fused-ring (bicyclic) bond motifs is 1. The van der Waals surface area contributed by atoms with Gasteiger partial charge in [0.05, 0.1) is 0 Å². The van der Waals surface area contributed by atoms with Crippen LogP contribution in [0.2, 0.25) is 0 Å². The molecule has 1 aromatic carbocycles. The highest BCUT2D eigenvalue weighted by Gasteiger charge is 2.23. The molecule has 7 heteroatoms. The fourth-order valence-electron chi connectivity index (χ4n) is 3.22. The monoisotopic (exact) mass is 376 g/mol. The summed E-state index contributed by atoms with van der Waals surface area (Å²) in [5, 5.41) is 0. The molecule has 4 rings (SSSR count). The number of pyridine rings is 1. The number of ether oxygens (including phenoxy) is 2. The van der Waals surface area contributed by atoms with Crippen LogP contribution in [0.3, 0.4) is 0 Å². The first-order valence-electron chi connectivity index (χ1n) is 8.68. The third-order valence-corrected chi connectivity index (χ3v) is 6.00. The quantitative estimate of drug-likeness (QED) is 0.815. The lowest BCUT2D eigenvalue weighted by atomic mass is 10.1. The molecule has 0 radical (unpaired) electrons. The summed E-state index contributed by atoms with van der Waals surface area (Å²) in [5.41, 5.74) is 2.36. The molecule has 0 aliphatic carbocycles. The Morgan fingerprint density at radius 2 is 2.00 bits per heavy atom. The molecular weight excluding hydrogens is 352 g/mol. The van der Waals surface area contributed by atoms with Crippen molar-refractivity contribution in [1.29, 1.82) is 0 Å². The zero-order chi connectivity index (χ0) is 17.1. The Hall–Kier alpha value is -1.96. The average molecular weight is 376 g/mol. The third-order valence-electron chi connectivity index (χ3n) is 4.62. The minimum Gasteiger partial charge on any atom is -0.484 e. The van der Waals surface area contributed by atoms with Crippen LogP contribution < -0.4 is 9.47 Å². The van der Waals surface area contributed by atoms with E-state index < -0.39 is 10.8 Å². The van der Waals surface area contributed by atoms with E-state index in [9.17, 15) is 4.21 Å².